The van der Waals surface area contributed by atoms with Gasteiger partial charge in [0.05, 0.1) is 24.2 Å². The number of nitrogens with zero attached hydrogens (tertiary/aromatic N) is 3. The highest BCUT2D eigenvalue weighted by atomic mass is 16.6. The van der Waals surface area contributed by atoms with Gasteiger partial charge in [0, 0.05) is 36.3 Å². The molecule has 0 radical (unpaired) electrons. The highest BCUT2D eigenvalue weighted by Crippen LogP contribution is 2.27. The normalized spacial score (nSPS) is 16.2. The molecule has 1 heterocycles. The summed E-state index contributed by atoms with van der Waals surface area (Å²) in [5, 5.41) is 24.3. The molecule has 2 amide bonds. The second kappa shape index (κ2) is 8.38. The third kappa shape index (κ3) is 4.49. The van der Waals surface area contributed by atoms with E-state index in [1.165, 1.54) is 11.0 Å². The first-order valence-electron chi connectivity index (χ1n) is 8.64. The number of hydrazone groups is 1. The van der Waals surface area contributed by atoms with Crippen molar-refractivity contribution in [1.82, 2.24) is 5.43 Å². The van der Waals surface area contributed by atoms with Crippen LogP contribution in [0.4, 0.5) is 11.4 Å². The summed E-state index contributed by atoms with van der Waals surface area (Å²) < 4.78 is 5.09. The van der Waals surface area contributed by atoms with E-state index in [2.05, 4.69) is 10.5 Å². The van der Waals surface area contributed by atoms with E-state index in [4.69, 9.17) is 4.74 Å². The highest BCUT2D eigenvalue weighted by Gasteiger charge is 2.35. The number of benzene rings is 2. The van der Waals surface area contributed by atoms with Crippen molar-refractivity contribution in [3.63, 3.8) is 0 Å². The zero-order chi connectivity index (χ0) is 21.0. The van der Waals surface area contributed by atoms with Gasteiger partial charge in [-0.2, -0.15) is 5.10 Å². The Morgan fingerprint density at radius 3 is 2.72 bits per heavy atom. The number of hydrogen-bond donors (Lipinski definition) is 2. The fourth-order valence-electron chi connectivity index (χ4n) is 2.91. The molecule has 10 nitrogen and oxygen atoms in total. The lowest BCUT2D eigenvalue weighted by Gasteiger charge is -2.16. The van der Waals surface area contributed by atoms with E-state index < -0.39 is 16.7 Å². The Kier molecular flexibility index (Phi) is 5.72. The number of anilines is 1. The molecule has 0 aromatic heterocycles. The Hall–Kier alpha value is -3.95. The van der Waals surface area contributed by atoms with Crippen LogP contribution in [0.3, 0.4) is 0 Å². The van der Waals surface area contributed by atoms with Gasteiger partial charge in [0.25, 0.3) is 5.69 Å². The number of carbonyl (C=O) groups is 2. The number of phenolic OH excluding ortho intramolecular Hbond substituents is 1. The first-order valence-corrected chi connectivity index (χ1v) is 8.64. The number of rotatable bonds is 6. The third-order valence-corrected chi connectivity index (χ3v) is 4.48. The minimum absolute atomic E-state index is 0.0371. The van der Waals surface area contributed by atoms with Crippen molar-refractivity contribution < 1.29 is 24.4 Å². The zero-order valence-electron chi connectivity index (χ0n) is 15.4. The van der Waals surface area contributed by atoms with Crippen molar-refractivity contribution in [2.24, 2.45) is 11.0 Å². The van der Waals surface area contributed by atoms with Crippen LogP contribution in [0.1, 0.15) is 12.0 Å². The number of nitro benzene ring substituents is 1. The number of carbonyl (C=O) groups excluding carboxylic acids is 2. The molecule has 1 saturated heterocycles. The first-order chi connectivity index (χ1) is 13.9. The van der Waals surface area contributed by atoms with Crippen LogP contribution in [0.25, 0.3) is 0 Å². The fourth-order valence-corrected chi connectivity index (χ4v) is 2.91. The van der Waals surface area contributed by atoms with E-state index in [9.17, 15) is 24.8 Å². The smallest absolute Gasteiger partial charge is 0.270 e. The second-order valence-corrected chi connectivity index (χ2v) is 6.34. The summed E-state index contributed by atoms with van der Waals surface area (Å²) in [5.74, 6) is -0.796. The fraction of sp³-hybridized carbons (Fsp3) is 0.211. The summed E-state index contributed by atoms with van der Waals surface area (Å²) in [6.07, 6.45) is 1.15. The summed E-state index contributed by atoms with van der Waals surface area (Å²) in [6.45, 7) is 0.203. The molecule has 2 aromatic carbocycles. The van der Waals surface area contributed by atoms with Crippen LogP contribution in [-0.4, -0.2) is 41.7 Å². The molecule has 1 fully saturated rings. The molecule has 150 valence electrons. The molecule has 1 atom stereocenters. The molecule has 0 saturated carbocycles. The Labute approximate surface area is 165 Å². The molecule has 0 aliphatic carbocycles. The minimum atomic E-state index is -0.604. The number of phenols is 1. The van der Waals surface area contributed by atoms with Gasteiger partial charge >= 0.3 is 0 Å². The van der Waals surface area contributed by atoms with Gasteiger partial charge < -0.3 is 14.7 Å². The van der Waals surface area contributed by atoms with E-state index in [-0.39, 0.29) is 35.9 Å². The number of nitro groups is 1. The van der Waals surface area contributed by atoms with Crippen molar-refractivity contribution in [2.45, 2.75) is 6.42 Å². The van der Waals surface area contributed by atoms with Crippen LogP contribution >= 0.6 is 0 Å². The lowest BCUT2D eigenvalue weighted by atomic mass is 10.1. The van der Waals surface area contributed by atoms with E-state index in [1.54, 1.807) is 31.4 Å². The van der Waals surface area contributed by atoms with Gasteiger partial charge in [-0.1, -0.05) is 0 Å². The van der Waals surface area contributed by atoms with E-state index in [0.29, 0.717) is 11.4 Å². The molecule has 3 rings (SSSR count). The quantitative estimate of drug-likeness (QED) is 0.433. The molecular formula is C19H18N4O6. The molecule has 2 aromatic rings. The number of methoxy groups -OCH3 is 1. The summed E-state index contributed by atoms with van der Waals surface area (Å²) >= 11 is 0. The summed E-state index contributed by atoms with van der Waals surface area (Å²) in [6, 6.07) is 10.4. The molecular weight excluding hydrogens is 380 g/mol. The SMILES string of the molecule is COc1ccc(N2C[C@H](C(=O)N/N=C\c3cc([N+](=O)[O-])ccc3O)CC2=O)cc1. The van der Waals surface area contributed by atoms with Gasteiger partial charge in [0.2, 0.25) is 11.8 Å². The zero-order valence-corrected chi connectivity index (χ0v) is 15.4. The van der Waals surface area contributed by atoms with Crippen molar-refractivity contribution in [3.8, 4) is 11.5 Å². The van der Waals surface area contributed by atoms with E-state index >= 15 is 0 Å². The molecule has 0 bridgehead atoms. The van der Waals surface area contributed by atoms with Crippen LogP contribution in [0.5, 0.6) is 11.5 Å². The predicted molar refractivity (Wildman–Crippen MR) is 104 cm³/mol. The van der Waals surface area contributed by atoms with Crippen LogP contribution in [0.15, 0.2) is 47.6 Å². The van der Waals surface area contributed by atoms with Crippen LogP contribution < -0.4 is 15.1 Å². The number of amides is 2. The number of nitrogens with one attached hydrogen (secondary N) is 1. The largest absolute Gasteiger partial charge is 0.507 e. The van der Waals surface area contributed by atoms with Crippen molar-refractivity contribution in [3.05, 3.63) is 58.1 Å². The summed E-state index contributed by atoms with van der Waals surface area (Å²) in [7, 11) is 1.55. The Bertz CT molecular complexity index is 973. The maximum Gasteiger partial charge on any atom is 0.270 e. The van der Waals surface area contributed by atoms with Gasteiger partial charge in [0.1, 0.15) is 11.5 Å². The number of aromatic hydroxyl groups is 1. The van der Waals surface area contributed by atoms with Crippen LogP contribution in [0.2, 0.25) is 0 Å². The predicted octanol–water partition coefficient (Wildman–Crippen LogP) is 1.81. The molecule has 0 unspecified atom stereocenters. The molecule has 1 aliphatic heterocycles. The molecule has 10 heteroatoms. The van der Waals surface area contributed by atoms with Gasteiger partial charge in [-0.25, -0.2) is 5.43 Å². The monoisotopic (exact) mass is 398 g/mol. The average molecular weight is 398 g/mol. The topological polar surface area (TPSA) is 134 Å². The van der Waals surface area contributed by atoms with E-state index in [1.807, 2.05) is 0 Å². The lowest BCUT2D eigenvalue weighted by Crippen LogP contribution is -2.30. The van der Waals surface area contributed by atoms with Crippen molar-refractivity contribution >= 4 is 29.4 Å². The Balaban J connectivity index is 1.63. The second-order valence-electron chi connectivity index (χ2n) is 6.34. The standard InChI is InChI=1S/C19H18N4O6/c1-29-16-5-2-14(3-6-16)22-11-13(9-18(22)25)19(26)21-20-10-12-8-15(23(27)28)4-7-17(12)24/h2-8,10,13,24H,9,11H2,1H3,(H,21,26)/b20-10-/t13-/m1/s1. The van der Waals surface area contributed by atoms with Crippen LogP contribution in [-0.2, 0) is 9.59 Å². The third-order valence-electron chi connectivity index (χ3n) is 4.48. The molecule has 29 heavy (non-hydrogen) atoms. The number of hydrogen-bond acceptors (Lipinski definition) is 7. The molecule has 0 spiro atoms. The maximum atomic E-state index is 12.3. The number of ether oxygens (including phenoxy) is 1. The molecule has 2 N–H and O–H groups in total. The molecule has 1 aliphatic rings. The minimum Gasteiger partial charge on any atom is -0.507 e. The van der Waals surface area contributed by atoms with E-state index in [0.717, 1.165) is 18.3 Å². The highest BCUT2D eigenvalue weighted by molar-refractivity contribution is 6.00. The van der Waals surface area contributed by atoms with Gasteiger partial charge in [0.15, 0.2) is 0 Å². The van der Waals surface area contributed by atoms with Crippen molar-refractivity contribution in [2.75, 3.05) is 18.6 Å². The summed E-state index contributed by atoms with van der Waals surface area (Å²) in [4.78, 5) is 36.3. The van der Waals surface area contributed by atoms with Gasteiger partial charge in [-0.05, 0) is 30.3 Å². The first kappa shape index (κ1) is 19.8. The lowest BCUT2D eigenvalue weighted by molar-refractivity contribution is -0.384. The Morgan fingerprint density at radius 2 is 2.07 bits per heavy atom. The van der Waals surface area contributed by atoms with Crippen LogP contribution in [0, 0.1) is 16.0 Å². The summed E-state index contributed by atoms with van der Waals surface area (Å²) in [5.41, 5.74) is 2.84. The number of non-ortho nitro benzene ring substituents is 1. The maximum absolute atomic E-state index is 12.3. The Morgan fingerprint density at radius 1 is 1.34 bits per heavy atom. The van der Waals surface area contributed by atoms with Gasteiger partial charge in [-0.3, -0.25) is 19.7 Å². The van der Waals surface area contributed by atoms with Gasteiger partial charge in [-0.15, -0.1) is 0 Å². The average Bonchev–Trinajstić information content (AvgIpc) is 3.11. The van der Waals surface area contributed by atoms with Crippen molar-refractivity contribution in [1.29, 1.82) is 0 Å².